The Morgan fingerprint density at radius 2 is 1.80 bits per heavy atom. The number of aromatic nitrogens is 2. The highest BCUT2D eigenvalue weighted by atomic mass is 32.2. The van der Waals surface area contributed by atoms with E-state index in [-0.39, 0.29) is 25.4 Å². The van der Waals surface area contributed by atoms with Crippen LogP contribution in [0, 0.1) is 12.8 Å². The van der Waals surface area contributed by atoms with Crippen molar-refractivity contribution in [1.29, 1.82) is 0 Å². The number of thiazole rings is 1. The lowest BCUT2D eigenvalue weighted by molar-refractivity contribution is -0.141. The molecule has 17 heteroatoms. The Labute approximate surface area is 354 Å². The van der Waals surface area contributed by atoms with E-state index in [9.17, 15) is 27.6 Å². The van der Waals surface area contributed by atoms with Crippen molar-refractivity contribution >= 4 is 56.0 Å². The van der Waals surface area contributed by atoms with Gasteiger partial charge in [0, 0.05) is 53.7 Å². The number of hydrogen-bond donors (Lipinski definition) is 3. The highest BCUT2D eigenvalue weighted by Crippen LogP contribution is 2.47. The molecule has 2 aromatic heterocycles. The standard InChI is InChI=1S/C43H53N7O8S2/c1-25-35(57-2)17-16-30-36(21-32(44-37(25)30)39-45-33(24-59-39)26-12-13-26)58-28-20-34-38(51)47-43(41(53)48-60(55,56)29-14-15-29)22-27(43)10-6-4-3-5-7-11-31(40(52)50(34)23-28)46-42(54)49-18-8-9-19-49/h6,10,16-17,21,24,26-29,31,34H,3-5,7-9,11-15,18-20,22-23H2,1-2H3,(H,46,54)(H,47,51)(H,48,53)/t27-,28-,31+,34+,43-/m1/s1. The van der Waals surface area contributed by atoms with Crippen LogP contribution in [0.2, 0.25) is 0 Å². The molecule has 3 N–H and O–H groups in total. The zero-order valence-corrected chi connectivity index (χ0v) is 35.7. The molecule has 5 amide bonds. The Hall–Kier alpha value is -4.77. The maximum atomic E-state index is 14.8. The molecule has 5 heterocycles. The number of amides is 5. The average molecular weight is 860 g/mol. The van der Waals surface area contributed by atoms with Gasteiger partial charge in [-0.05, 0) is 83.3 Å². The van der Waals surface area contributed by atoms with Gasteiger partial charge in [0.1, 0.15) is 45.9 Å². The van der Waals surface area contributed by atoms with Gasteiger partial charge < -0.3 is 29.9 Å². The van der Waals surface area contributed by atoms with Crippen molar-refractivity contribution in [2.24, 2.45) is 5.92 Å². The largest absolute Gasteiger partial charge is 0.496 e. The molecule has 1 aromatic carbocycles. The van der Waals surface area contributed by atoms with Crippen molar-refractivity contribution < 1.29 is 37.1 Å². The number of likely N-dealkylation sites (tertiary alicyclic amines) is 1. The third-order valence-electron chi connectivity index (χ3n) is 12.9. The van der Waals surface area contributed by atoms with Crippen LogP contribution in [0.4, 0.5) is 4.79 Å². The number of sulfonamides is 1. The van der Waals surface area contributed by atoms with Crippen LogP contribution in [0.25, 0.3) is 21.6 Å². The number of aryl methyl sites for hydroxylation is 1. The van der Waals surface area contributed by atoms with E-state index < -0.39 is 62.6 Å². The molecule has 5 atom stereocenters. The normalized spacial score (nSPS) is 27.4. The lowest BCUT2D eigenvalue weighted by Gasteiger charge is -2.30. The Balaban J connectivity index is 1.05. The van der Waals surface area contributed by atoms with Gasteiger partial charge in [0.2, 0.25) is 21.8 Å². The summed E-state index contributed by atoms with van der Waals surface area (Å²) in [6.07, 6.45) is 11.9. The molecule has 3 aliphatic carbocycles. The second kappa shape index (κ2) is 16.3. The second-order valence-corrected chi connectivity index (χ2v) is 20.2. The summed E-state index contributed by atoms with van der Waals surface area (Å²) in [5, 5.41) is 8.91. The number of rotatable bonds is 9. The van der Waals surface area contributed by atoms with Crippen molar-refractivity contribution in [1.82, 2.24) is 35.1 Å². The third kappa shape index (κ3) is 8.18. The van der Waals surface area contributed by atoms with Crippen LogP contribution < -0.4 is 24.8 Å². The molecule has 6 aliphatic rings. The van der Waals surface area contributed by atoms with Gasteiger partial charge in [-0.2, -0.15) is 0 Å². The Morgan fingerprint density at radius 1 is 1.00 bits per heavy atom. The molecule has 0 unspecified atom stereocenters. The summed E-state index contributed by atoms with van der Waals surface area (Å²) in [6, 6.07) is 3.33. The van der Waals surface area contributed by atoms with Gasteiger partial charge >= 0.3 is 6.03 Å². The molecule has 9 rings (SSSR count). The SMILES string of the molecule is COc1ccc2c(O[C@@H]3C[C@H]4C(=O)N[C@]5(C(=O)NS(=O)(=O)C6CC6)C[C@H]5C=CCCCCC[C@H](NC(=O)N5CCCC5)C(=O)N4C3)cc(-c3nc(C4CC4)cs3)nc2c1C. The van der Waals surface area contributed by atoms with Gasteiger partial charge in [0.25, 0.3) is 5.91 Å². The lowest BCUT2D eigenvalue weighted by Crippen LogP contribution is -2.58. The van der Waals surface area contributed by atoms with Crippen LogP contribution >= 0.6 is 11.3 Å². The van der Waals surface area contributed by atoms with Crippen molar-refractivity contribution in [3.8, 4) is 22.2 Å². The number of allylic oxidation sites excluding steroid dienone is 1. The van der Waals surface area contributed by atoms with Crippen LogP contribution in [0.15, 0.2) is 35.7 Å². The van der Waals surface area contributed by atoms with E-state index in [0.717, 1.165) is 66.6 Å². The van der Waals surface area contributed by atoms with Crippen molar-refractivity contribution in [3.05, 3.63) is 47.0 Å². The highest BCUT2D eigenvalue weighted by Gasteiger charge is 2.62. The molecule has 0 radical (unpaired) electrons. The summed E-state index contributed by atoms with van der Waals surface area (Å²) in [6.45, 7) is 3.19. The summed E-state index contributed by atoms with van der Waals surface area (Å²) in [5.74, 6) is -0.520. The summed E-state index contributed by atoms with van der Waals surface area (Å²) in [5.41, 5.74) is 1.71. The minimum Gasteiger partial charge on any atom is -0.496 e. The number of ether oxygens (including phenoxy) is 2. The molecule has 0 bridgehead atoms. The molecule has 60 heavy (non-hydrogen) atoms. The molecular formula is C43H53N7O8S2. The van der Waals surface area contributed by atoms with Crippen LogP contribution in [-0.4, -0.2) is 108 Å². The molecular weight excluding hydrogens is 807 g/mol. The van der Waals surface area contributed by atoms with E-state index in [1.807, 2.05) is 37.3 Å². The number of methoxy groups -OCH3 is 1. The number of pyridine rings is 1. The number of fused-ring (bicyclic) bond motifs is 3. The molecule has 320 valence electrons. The lowest BCUT2D eigenvalue weighted by atomic mass is 10.0. The monoisotopic (exact) mass is 859 g/mol. The molecule has 3 aliphatic heterocycles. The van der Waals surface area contributed by atoms with E-state index in [4.69, 9.17) is 19.4 Å². The van der Waals surface area contributed by atoms with Crippen LogP contribution in [-0.2, 0) is 24.4 Å². The maximum Gasteiger partial charge on any atom is 0.318 e. The molecule has 3 saturated carbocycles. The predicted molar refractivity (Wildman–Crippen MR) is 225 cm³/mol. The molecule has 15 nitrogen and oxygen atoms in total. The number of urea groups is 1. The van der Waals surface area contributed by atoms with E-state index in [1.165, 1.54) is 16.2 Å². The van der Waals surface area contributed by atoms with Gasteiger partial charge in [-0.1, -0.05) is 25.0 Å². The number of nitrogens with zero attached hydrogens (tertiary/aromatic N) is 4. The Morgan fingerprint density at radius 3 is 2.55 bits per heavy atom. The predicted octanol–water partition coefficient (Wildman–Crippen LogP) is 5.08. The summed E-state index contributed by atoms with van der Waals surface area (Å²) in [7, 11) is -2.28. The Bertz CT molecular complexity index is 2340. The summed E-state index contributed by atoms with van der Waals surface area (Å²) in [4.78, 5) is 70.0. The first-order valence-corrected chi connectivity index (χ1v) is 23.9. The van der Waals surface area contributed by atoms with Gasteiger partial charge in [-0.25, -0.2) is 23.2 Å². The zero-order chi connectivity index (χ0) is 41.8. The van der Waals surface area contributed by atoms with Crippen LogP contribution in [0.1, 0.15) is 101 Å². The smallest absolute Gasteiger partial charge is 0.318 e. The number of carbonyl (C=O) groups is 4. The van der Waals surface area contributed by atoms with Crippen molar-refractivity contribution in [2.45, 2.75) is 125 Å². The molecule has 3 aromatic rings. The van der Waals surface area contributed by atoms with Gasteiger partial charge in [-0.3, -0.25) is 19.1 Å². The number of nitrogens with one attached hydrogen (secondary N) is 3. The topological polar surface area (TPSA) is 189 Å². The van der Waals surface area contributed by atoms with Gasteiger partial charge in [0.15, 0.2) is 0 Å². The van der Waals surface area contributed by atoms with Crippen LogP contribution in [0.5, 0.6) is 11.5 Å². The first-order chi connectivity index (χ1) is 28.9. The summed E-state index contributed by atoms with van der Waals surface area (Å²) >= 11 is 1.53. The Kier molecular flexibility index (Phi) is 11.0. The van der Waals surface area contributed by atoms with Gasteiger partial charge in [-0.15, -0.1) is 11.3 Å². The second-order valence-electron chi connectivity index (χ2n) is 17.3. The number of benzene rings is 1. The number of hydrogen-bond acceptors (Lipinski definition) is 11. The van der Waals surface area contributed by atoms with Crippen molar-refractivity contribution in [3.63, 3.8) is 0 Å². The number of carbonyl (C=O) groups excluding carboxylic acids is 4. The fourth-order valence-electron chi connectivity index (χ4n) is 8.97. The summed E-state index contributed by atoms with van der Waals surface area (Å²) < 4.78 is 40.7. The fourth-order valence-corrected chi connectivity index (χ4v) is 11.2. The molecule has 2 saturated heterocycles. The molecule has 5 fully saturated rings. The van der Waals surface area contributed by atoms with E-state index in [0.29, 0.717) is 67.4 Å². The third-order valence-corrected chi connectivity index (χ3v) is 15.6. The minimum atomic E-state index is -3.90. The van der Waals surface area contributed by atoms with Gasteiger partial charge in [0.05, 0.1) is 30.1 Å². The fraction of sp³-hybridized carbons (Fsp3) is 0.581. The first kappa shape index (κ1) is 40.6. The van der Waals surface area contributed by atoms with Crippen molar-refractivity contribution in [2.75, 3.05) is 26.7 Å². The highest BCUT2D eigenvalue weighted by molar-refractivity contribution is 7.91. The van der Waals surface area contributed by atoms with E-state index >= 15 is 0 Å². The minimum absolute atomic E-state index is 0.0307. The maximum absolute atomic E-state index is 14.8. The quantitative estimate of drug-likeness (QED) is 0.245. The van der Waals surface area contributed by atoms with E-state index in [1.54, 1.807) is 12.0 Å². The molecule has 0 spiro atoms. The average Bonchev–Trinajstić information content (AvgIpc) is 4.20. The first-order valence-electron chi connectivity index (χ1n) is 21.5. The zero-order valence-electron chi connectivity index (χ0n) is 34.1. The van der Waals surface area contributed by atoms with Crippen LogP contribution in [0.3, 0.4) is 0 Å². The van der Waals surface area contributed by atoms with E-state index in [2.05, 4.69) is 20.7 Å².